The minimum Gasteiger partial charge on any atom is -0.325 e. The van der Waals surface area contributed by atoms with E-state index in [1.54, 1.807) is 0 Å². The van der Waals surface area contributed by atoms with Crippen molar-refractivity contribution in [1.82, 2.24) is 9.80 Å². The molecular formula is C11H22N2O. The van der Waals surface area contributed by atoms with Crippen molar-refractivity contribution in [3.8, 4) is 0 Å². The van der Waals surface area contributed by atoms with Crippen LogP contribution in [0.15, 0.2) is 12.2 Å². The van der Waals surface area contributed by atoms with Gasteiger partial charge in [0.05, 0.1) is 0 Å². The largest absolute Gasteiger partial charge is 0.325 e. The van der Waals surface area contributed by atoms with Gasteiger partial charge in [-0.3, -0.25) is 0 Å². The molecule has 0 unspecified atom stereocenters. The summed E-state index contributed by atoms with van der Waals surface area (Å²) in [6.45, 7) is 14.7. The zero-order valence-electron chi connectivity index (χ0n) is 9.84. The first-order chi connectivity index (χ1) is 6.56. The molecule has 0 heterocycles. The van der Waals surface area contributed by atoms with Crippen LogP contribution in [0.4, 0.5) is 4.79 Å². The van der Waals surface area contributed by atoms with Crippen LogP contribution >= 0.6 is 0 Å². The molecule has 0 radical (unpaired) electrons. The molecule has 0 atom stereocenters. The fourth-order valence-electron chi connectivity index (χ4n) is 1.33. The molecule has 3 heteroatoms. The number of carbonyl (C=O) groups is 1. The molecular weight excluding hydrogens is 176 g/mol. The third-order valence-electron chi connectivity index (χ3n) is 2.15. The van der Waals surface area contributed by atoms with Gasteiger partial charge in [0, 0.05) is 26.2 Å². The summed E-state index contributed by atoms with van der Waals surface area (Å²) >= 11 is 0. The molecule has 2 amide bonds. The molecule has 0 saturated heterocycles. The Morgan fingerprint density at radius 3 is 1.79 bits per heavy atom. The van der Waals surface area contributed by atoms with E-state index in [1.165, 1.54) is 0 Å². The van der Waals surface area contributed by atoms with Gasteiger partial charge in [0.15, 0.2) is 0 Å². The second-order valence-corrected chi connectivity index (χ2v) is 3.43. The van der Waals surface area contributed by atoms with E-state index >= 15 is 0 Å². The molecule has 0 aromatic heterocycles. The maximum absolute atomic E-state index is 11.9. The van der Waals surface area contributed by atoms with E-state index < -0.39 is 0 Å². The van der Waals surface area contributed by atoms with Gasteiger partial charge >= 0.3 is 6.03 Å². The highest BCUT2D eigenvalue weighted by Gasteiger charge is 2.16. The minimum absolute atomic E-state index is 0.112. The van der Waals surface area contributed by atoms with Gasteiger partial charge in [0.25, 0.3) is 0 Å². The second-order valence-electron chi connectivity index (χ2n) is 3.43. The summed E-state index contributed by atoms with van der Waals surface area (Å²) in [7, 11) is 0. The van der Waals surface area contributed by atoms with Crippen molar-refractivity contribution in [2.75, 3.05) is 26.2 Å². The Labute approximate surface area is 87.4 Å². The quantitative estimate of drug-likeness (QED) is 0.622. The van der Waals surface area contributed by atoms with Crippen LogP contribution in [-0.4, -0.2) is 42.0 Å². The SMILES string of the molecule is C=C(C)CN(CC)C(=O)N(CC)CC. The monoisotopic (exact) mass is 198 g/mol. The Balaban J connectivity index is 4.35. The normalized spacial score (nSPS) is 9.71. The van der Waals surface area contributed by atoms with Crippen molar-refractivity contribution in [2.45, 2.75) is 27.7 Å². The summed E-state index contributed by atoms with van der Waals surface area (Å²) in [4.78, 5) is 15.5. The molecule has 0 aliphatic heterocycles. The van der Waals surface area contributed by atoms with Gasteiger partial charge in [-0.05, 0) is 27.7 Å². The topological polar surface area (TPSA) is 23.6 Å². The molecule has 0 spiro atoms. The predicted molar refractivity (Wildman–Crippen MR) is 60.4 cm³/mol. The molecule has 0 aromatic rings. The number of urea groups is 1. The average Bonchev–Trinajstić information content (AvgIpc) is 2.15. The first kappa shape index (κ1) is 13.0. The van der Waals surface area contributed by atoms with Crippen LogP contribution in [-0.2, 0) is 0 Å². The molecule has 0 N–H and O–H groups in total. The highest BCUT2D eigenvalue weighted by molar-refractivity contribution is 5.74. The van der Waals surface area contributed by atoms with E-state index in [-0.39, 0.29) is 6.03 Å². The standard InChI is InChI=1S/C11H22N2O/c1-6-12(7-2)11(14)13(8-3)9-10(4)5/h4,6-9H2,1-3,5H3. The maximum atomic E-state index is 11.9. The summed E-state index contributed by atoms with van der Waals surface area (Å²) in [5.74, 6) is 0. The molecule has 0 aromatic carbocycles. The highest BCUT2D eigenvalue weighted by Crippen LogP contribution is 2.02. The third-order valence-corrected chi connectivity index (χ3v) is 2.15. The minimum atomic E-state index is 0.112. The van der Waals surface area contributed by atoms with Gasteiger partial charge < -0.3 is 9.80 Å². The Bertz CT molecular complexity index is 197. The molecule has 14 heavy (non-hydrogen) atoms. The smallest absolute Gasteiger partial charge is 0.320 e. The first-order valence-corrected chi connectivity index (χ1v) is 5.24. The van der Waals surface area contributed by atoms with Crippen LogP contribution in [0, 0.1) is 0 Å². The number of carbonyl (C=O) groups excluding carboxylic acids is 1. The average molecular weight is 198 g/mol. The number of amides is 2. The number of nitrogens with zero attached hydrogens (tertiary/aromatic N) is 2. The molecule has 0 rings (SSSR count). The van der Waals surface area contributed by atoms with Crippen LogP contribution in [0.5, 0.6) is 0 Å². The van der Waals surface area contributed by atoms with Crippen LogP contribution in [0.2, 0.25) is 0 Å². The Morgan fingerprint density at radius 2 is 1.50 bits per heavy atom. The second kappa shape index (κ2) is 6.46. The van der Waals surface area contributed by atoms with Crippen molar-refractivity contribution < 1.29 is 4.79 Å². The highest BCUT2D eigenvalue weighted by atomic mass is 16.2. The van der Waals surface area contributed by atoms with Gasteiger partial charge in [-0.1, -0.05) is 12.2 Å². The van der Waals surface area contributed by atoms with Gasteiger partial charge in [-0.2, -0.15) is 0 Å². The van der Waals surface area contributed by atoms with Gasteiger partial charge in [0.2, 0.25) is 0 Å². The molecule has 0 aliphatic rings. The lowest BCUT2D eigenvalue weighted by molar-refractivity contribution is 0.163. The molecule has 0 bridgehead atoms. The van der Waals surface area contributed by atoms with Gasteiger partial charge in [-0.15, -0.1) is 0 Å². The number of hydrogen-bond donors (Lipinski definition) is 0. The van der Waals surface area contributed by atoms with E-state index in [0.717, 1.165) is 25.2 Å². The van der Waals surface area contributed by atoms with Crippen molar-refractivity contribution in [1.29, 1.82) is 0 Å². The van der Waals surface area contributed by atoms with Crippen molar-refractivity contribution in [3.05, 3.63) is 12.2 Å². The van der Waals surface area contributed by atoms with Crippen LogP contribution in [0.1, 0.15) is 27.7 Å². The molecule has 3 nitrogen and oxygen atoms in total. The lowest BCUT2D eigenvalue weighted by atomic mass is 10.3. The van der Waals surface area contributed by atoms with Crippen LogP contribution in [0.25, 0.3) is 0 Å². The zero-order valence-corrected chi connectivity index (χ0v) is 9.84. The lowest BCUT2D eigenvalue weighted by Crippen LogP contribution is -2.43. The summed E-state index contributed by atoms with van der Waals surface area (Å²) in [6, 6.07) is 0.112. The fraction of sp³-hybridized carbons (Fsp3) is 0.727. The third kappa shape index (κ3) is 3.81. The van der Waals surface area contributed by atoms with E-state index in [1.807, 2.05) is 37.5 Å². The van der Waals surface area contributed by atoms with Gasteiger partial charge in [0.1, 0.15) is 0 Å². The van der Waals surface area contributed by atoms with E-state index in [4.69, 9.17) is 0 Å². The fourth-order valence-corrected chi connectivity index (χ4v) is 1.33. The summed E-state index contributed by atoms with van der Waals surface area (Å²) < 4.78 is 0. The first-order valence-electron chi connectivity index (χ1n) is 5.24. The van der Waals surface area contributed by atoms with Gasteiger partial charge in [-0.25, -0.2) is 4.79 Å². The summed E-state index contributed by atoms with van der Waals surface area (Å²) in [5, 5.41) is 0. The lowest BCUT2D eigenvalue weighted by Gasteiger charge is -2.28. The Kier molecular flexibility index (Phi) is 6.00. The Hall–Kier alpha value is -0.990. The molecule has 0 fully saturated rings. The molecule has 82 valence electrons. The van der Waals surface area contributed by atoms with Crippen LogP contribution < -0.4 is 0 Å². The molecule has 0 saturated carbocycles. The number of hydrogen-bond acceptors (Lipinski definition) is 1. The maximum Gasteiger partial charge on any atom is 0.320 e. The Morgan fingerprint density at radius 1 is 1.07 bits per heavy atom. The van der Waals surface area contributed by atoms with Crippen molar-refractivity contribution in [3.63, 3.8) is 0 Å². The van der Waals surface area contributed by atoms with E-state index in [2.05, 4.69) is 6.58 Å². The van der Waals surface area contributed by atoms with E-state index in [9.17, 15) is 4.79 Å². The predicted octanol–water partition coefficient (Wildman–Crippen LogP) is 2.35. The summed E-state index contributed by atoms with van der Waals surface area (Å²) in [5.41, 5.74) is 1.02. The number of rotatable bonds is 5. The van der Waals surface area contributed by atoms with E-state index in [0.29, 0.717) is 6.54 Å². The van der Waals surface area contributed by atoms with Crippen molar-refractivity contribution >= 4 is 6.03 Å². The van der Waals surface area contributed by atoms with Crippen LogP contribution in [0.3, 0.4) is 0 Å². The number of likely N-dealkylation sites (N-methyl/N-ethyl adjacent to an activating group) is 1. The zero-order chi connectivity index (χ0) is 11.1. The summed E-state index contributed by atoms with van der Waals surface area (Å²) in [6.07, 6.45) is 0. The van der Waals surface area contributed by atoms with Crippen molar-refractivity contribution in [2.24, 2.45) is 0 Å². The molecule has 0 aliphatic carbocycles.